The van der Waals surface area contributed by atoms with Crippen LogP contribution in [0.2, 0.25) is 0 Å². The summed E-state index contributed by atoms with van der Waals surface area (Å²) in [4.78, 5) is 0. The molecule has 0 bridgehead atoms. The second-order valence-electron chi connectivity index (χ2n) is 10.4. The molecule has 32 heavy (non-hydrogen) atoms. The molecule has 2 fully saturated rings. The van der Waals surface area contributed by atoms with Gasteiger partial charge in [-0.25, -0.2) is 0 Å². The molecule has 3 atom stereocenters. The van der Waals surface area contributed by atoms with Gasteiger partial charge >= 0.3 is 0 Å². The van der Waals surface area contributed by atoms with Gasteiger partial charge in [-0.1, -0.05) is 84.6 Å². The van der Waals surface area contributed by atoms with Crippen LogP contribution in [0.1, 0.15) is 130 Å². The highest BCUT2D eigenvalue weighted by Crippen LogP contribution is 2.45. The molecule has 0 aromatic heterocycles. The average molecular weight is 443 g/mol. The third-order valence-electron chi connectivity index (χ3n) is 7.44. The maximum atomic E-state index is 6.61. The first-order valence-corrected chi connectivity index (χ1v) is 13.5. The number of rotatable bonds is 9. The van der Waals surface area contributed by atoms with Crippen LogP contribution >= 0.6 is 0 Å². The topological polar surface area (TPSA) is 18.5 Å². The zero-order valence-corrected chi connectivity index (χ0v) is 21.8. The normalized spacial score (nSPS) is 23.7. The van der Waals surface area contributed by atoms with Crippen molar-refractivity contribution in [1.82, 2.24) is 0 Å². The van der Waals surface area contributed by atoms with E-state index < -0.39 is 0 Å². The second-order valence-corrected chi connectivity index (χ2v) is 10.4. The molecule has 182 valence electrons. The quantitative estimate of drug-likeness (QED) is 0.280. The molecule has 0 N–H and O–H groups in total. The Bertz CT molecular complexity index is 643. The summed E-state index contributed by atoms with van der Waals surface area (Å²) in [6.07, 6.45) is 15.9. The maximum absolute atomic E-state index is 6.61. The van der Waals surface area contributed by atoms with Gasteiger partial charge in [0.15, 0.2) is 0 Å². The maximum Gasteiger partial charge on any atom is 0.200 e. The molecule has 0 radical (unpaired) electrons. The van der Waals surface area contributed by atoms with E-state index in [1.807, 2.05) is 0 Å². The molecule has 2 aliphatic rings. The van der Waals surface area contributed by atoms with Crippen LogP contribution < -0.4 is 4.74 Å². The highest BCUT2D eigenvalue weighted by Gasteiger charge is 2.36. The van der Waals surface area contributed by atoms with E-state index in [0.717, 1.165) is 25.0 Å². The minimum atomic E-state index is -0.154. The van der Waals surface area contributed by atoms with Crippen LogP contribution in [0.3, 0.4) is 0 Å². The van der Waals surface area contributed by atoms with Gasteiger partial charge in [-0.2, -0.15) is 0 Å². The standard InChI is InChI=1S/C27H42O2.C3H8/c1-5-22(4)23-14-16-25(17-15-23)29-26(28-24-12-8-7-9-13-24)20-27(6-2)18-10-11-21(3)19-27;1-3-2/h14-17,22,24,26H,3,5-13,18-20H2,1-2,4H3;3H2,1-2H3. The molecule has 0 amide bonds. The summed E-state index contributed by atoms with van der Waals surface area (Å²) in [7, 11) is 0. The summed E-state index contributed by atoms with van der Waals surface area (Å²) < 4.78 is 13.1. The summed E-state index contributed by atoms with van der Waals surface area (Å²) in [6.45, 7) is 15.4. The van der Waals surface area contributed by atoms with E-state index in [1.165, 1.54) is 75.3 Å². The number of ether oxygens (including phenoxy) is 2. The molecule has 0 heterocycles. The molecular weight excluding hydrogens is 392 g/mol. The molecule has 3 unspecified atom stereocenters. The van der Waals surface area contributed by atoms with Crippen LogP contribution in [-0.2, 0) is 4.74 Å². The Kier molecular flexibility index (Phi) is 11.9. The summed E-state index contributed by atoms with van der Waals surface area (Å²) >= 11 is 0. The van der Waals surface area contributed by atoms with Crippen molar-refractivity contribution in [3.63, 3.8) is 0 Å². The molecular formula is C30H50O2. The first-order valence-electron chi connectivity index (χ1n) is 13.5. The highest BCUT2D eigenvalue weighted by atomic mass is 16.7. The SMILES string of the molecule is C=C1CCCC(CC)(CC(Oc2ccc(C(C)CC)cc2)OC2CCCCC2)C1.CCC. The summed E-state index contributed by atoms with van der Waals surface area (Å²) in [5, 5.41) is 0. The minimum absolute atomic E-state index is 0.154. The lowest BCUT2D eigenvalue weighted by atomic mass is 9.68. The molecule has 1 aromatic carbocycles. The van der Waals surface area contributed by atoms with Crippen LogP contribution in [0, 0.1) is 5.41 Å². The fourth-order valence-electron chi connectivity index (χ4n) is 5.19. The van der Waals surface area contributed by atoms with Gasteiger partial charge in [-0.15, -0.1) is 0 Å². The molecule has 0 aliphatic heterocycles. The van der Waals surface area contributed by atoms with E-state index >= 15 is 0 Å². The number of benzene rings is 1. The van der Waals surface area contributed by atoms with E-state index in [1.54, 1.807) is 0 Å². The Morgan fingerprint density at radius 1 is 1.00 bits per heavy atom. The van der Waals surface area contributed by atoms with E-state index in [2.05, 4.69) is 65.5 Å². The van der Waals surface area contributed by atoms with Gasteiger partial charge in [0, 0.05) is 6.42 Å². The summed E-state index contributed by atoms with van der Waals surface area (Å²) in [5.41, 5.74) is 3.08. The van der Waals surface area contributed by atoms with Crippen LogP contribution in [0.15, 0.2) is 36.4 Å². The fraction of sp³-hybridized carbons (Fsp3) is 0.733. The van der Waals surface area contributed by atoms with Gasteiger partial charge in [0.1, 0.15) is 5.75 Å². The third-order valence-corrected chi connectivity index (χ3v) is 7.44. The monoisotopic (exact) mass is 442 g/mol. The van der Waals surface area contributed by atoms with Crippen molar-refractivity contribution in [2.75, 3.05) is 0 Å². The van der Waals surface area contributed by atoms with Crippen LogP contribution in [0.4, 0.5) is 0 Å². The average Bonchev–Trinajstić information content (AvgIpc) is 2.80. The van der Waals surface area contributed by atoms with E-state index in [9.17, 15) is 0 Å². The Labute approximate surface area is 199 Å². The second kappa shape index (κ2) is 14.1. The van der Waals surface area contributed by atoms with Crippen molar-refractivity contribution in [2.45, 2.75) is 136 Å². The van der Waals surface area contributed by atoms with Gasteiger partial charge in [0.05, 0.1) is 6.10 Å². The van der Waals surface area contributed by atoms with Crippen LogP contribution in [0.5, 0.6) is 5.75 Å². The third kappa shape index (κ3) is 8.58. The molecule has 2 heteroatoms. The van der Waals surface area contributed by atoms with Gasteiger partial charge < -0.3 is 9.47 Å². The number of hydrogen-bond donors (Lipinski definition) is 0. The lowest BCUT2D eigenvalue weighted by Gasteiger charge is -2.40. The first kappa shape index (κ1) is 27.0. The van der Waals surface area contributed by atoms with Crippen LogP contribution in [-0.4, -0.2) is 12.4 Å². The zero-order chi connectivity index (χ0) is 23.4. The zero-order valence-electron chi connectivity index (χ0n) is 21.8. The van der Waals surface area contributed by atoms with E-state index in [-0.39, 0.29) is 11.7 Å². The Morgan fingerprint density at radius 3 is 2.22 bits per heavy atom. The minimum Gasteiger partial charge on any atom is -0.465 e. The van der Waals surface area contributed by atoms with Crippen molar-refractivity contribution in [3.8, 4) is 5.75 Å². The summed E-state index contributed by atoms with van der Waals surface area (Å²) in [5.74, 6) is 1.54. The van der Waals surface area contributed by atoms with Crippen LogP contribution in [0.25, 0.3) is 0 Å². The van der Waals surface area contributed by atoms with Crippen molar-refractivity contribution in [3.05, 3.63) is 42.0 Å². The number of allylic oxidation sites excluding steroid dienone is 1. The van der Waals surface area contributed by atoms with E-state index in [0.29, 0.717) is 12.0 Å². The van der Waals surface area contributed by atoms with Gasteiger partial charge in [-0.05, 0) is 80.4 Å². The Hall–Kier alpha value is -1.28. The largest absolute Gasteiger partial charge is 0.465 e. The molecule has 1 aromatic rings. The predicted octanol–water partition coefficient (Wildman–Crippen LogP) is 9.59. The molecule has 2 aliphatic carbocycles. The van der Waals surface area contributed by atoms with Gasteiger partial charge in [0.25, 0.3) is 0 Å². The first-order chi connectivity index (χ1) is 15.4. The van der Waals surface area contributed by atoms with Gasteiger partial charge in [0.2, 0.25) is 6.29 Å². The Morgan fingerprint density at radius 2 is 1.66 bits per heavy atom. The lowest BCUT2D eigenvalue weighted by molar-refractivity contribution is -0.148. The highest BCUT2D eigenvalue weighted by molar-refractivity contribution is 5.29. The van der Waals surface area contributed by atoms with E-state index in [4.69, 9.17) is 9.47 Å². The van der Waals surface area contributed by atoms with Crippen molar-refractivity contribution in [1.29, 1.82) is 0 Å². The smallest absolute Gasteiger partial charge is 0.200 e. The fourth-order valence-corrected chi connectivity index (χ4v) is 5.19. The van der Waals surface area contributed by atoms with Crippen molar-refractivity contribution < 1.29 is 9.47 Å². The molecule has 2 saturated carbocycles. The summed E-state index contributed by atoms with van der Waals surface area (Å²) in [6, 6.07) is 8.71. The lowest BCUT2D eigenvalue weighted by Crippen LogP contribution is -2.36. The molecule has 2 nitrogen and oxygen atoms in total. The Balaban J connectivity index is 0.00000114. The van der Waals surface area contributed by atoms with Gasteiger partial charge in [-0.3, -0.25) is 0 Å². The predicted molar refractivity (Wildman–Crippen MR) is 138 cm³/mol. The molecule has 0 spiro atoms. The molecule has 0 saturated heterocycles. The van der Waals surface area contributed by atoms with Crippen molar-refractivity contribution >= 4 is 0 Å². The van der Waals surface area contributed by atoms with Crippen molar-refractivity contribution in [2.24, 2.45) is 5.41 Å². The number of hydrogen-bond acceptors (Lipinski definition) is 2. The molecule has 3 rings (SSSR count).